The van der Waals surface area contributed by atoms with Crippen LogP contribution in [0.3, 0.4) is 0 Å². The number of pyridine rings is 1. The number of allylic oxidation sites excluding steroid dienone is 2. The molecule has 1 aromatic carbocycles. The Kier molecular flexibility index (Phi) is 9.90. The van der Waals surface area contributed by atoms with E-state index >= 15 is 0 Å². The SMILES string of the molecule is C=C(/C=C(\C)c1cnc(OCCO)c(N2CCOCC2)c1)NC(=O)c1cc(CN(C)C)cc(C(F)(F)F)c1. The van der Waals surface area contributed by atoms with Gasteiger partial charge in [0.1, 0.15) is 12.3 Å². The second kappa shape index (κ2) is 12.9. The number of alkyl halides is 3. The highest BCUT2D eigenvalue weighted by molar-refractivity contribution is 5.96. The zero-order chi connectivity index (χ0) is 27.9. The van der Waals surface area contributed by atoms with E-state index in [2.05, 4.69) is 21.8 Å². The second-order valence-corrected chi connectivity index (χ2v) is 9.18. The van der Waals surface area contributed by atoms with Crippen LogP contribution in [0, 0.1) is 0 Å². The summed E-state index contributed by atoms with van der Waals surface area (Å²) < 4.78 is 51.3. The molecule has 1 aliphatic rings. The van der Waals surface area contributed by atoms with Crippen LogP contribution in [0.5, 0.6) is 5.88 Å². The van der Waals surface area contributed by atoms with Crippen LogP contribution in [0.2, 0.25) is 0 Å². The maximum Gasteiger partial charge on any atom is 0.416 e. The molecule has 1 aromatic heterocycles. The smallest absolute Gasteiger partial charge is 0.416 e. The van der Waals surface area contributed by atoms with Gasteiger partial charge in [-0.05, 0) is 68.1 Å². The molecule has 3 rings (SSSR count). The van der Waals surface area contributed by atoms with Gasteiger partial charge in [-0.2, -0.15) is 13.2 Å². The van der Waals surface area contributed by atoms with Crippen LogP contribution in [0.4, 0.5) is 18.9 Å². The number of rotatable bonds is 10. The van der Waals surface area contributed by atoms with Gasteiger partial charge in [-0.1, -0.05) is 6.58 Å². The zero-order valence-electron chi connectivity index (χ0n) is 21.8. The highest BCUT2D eigenvalue weighted by Gasteiger charge is 2.32. The summed E-state index contributed by atoms with van der Waals surface area (Å²) >= 11 is 0. The molecule has 0 spiro atoms. The molecule has 0 saturated carbocycles. The van der Waals surface area contributed by atoms with Crippen LogP contribution >= 0.6 is 0 Å². The normalized spacial score (nSPS) is 14.5. The number of halogens is 3. The molecule has 8 nitrogen and oxygen atoms in total. The lowest BCUT2D eigenvalue weighted by molar-refractivity contribution is -0.137. The summed E-state index contributed by atoms with van der Waals surface area (Å²) in [6, 6.07) is 5.22. The summed E-state index contributed by atoms with van der Waals surface area (Å²) in [7, 11) is 3.47. The van der Waals surface area contributed by atoms with Gasteiger partial charge in [0.25, 0.3) is 5.91 Å². The number of aromatic nitrogens is 1. The number of carbonyl (C=O) groups excluding carboxylic acids is 1. The summed E-state index contributed by atoms with van der Waals surface area (Å²) in [6.07, 6.45) is -1.35. The summed E-state index contributed by atoms with van der Waals surface area (Å²) in [5.74, 6) is -0.298. The molecule has 2 heterocycles. The fourth-order valence-electron chi connectivity index (χ4n) is 3.98. The minimum absolute atomic E-state index is 0.104. The lowest BCUT2D eigenvalue weighted by atomic mass is 10.0. The number of amides is 1. The Balaban J connectivity index is 1.81. The first-order valence-electron chi connectivity index (χ1n) is 12.1. The first-order valence-corrected chi connectivity index (χ1v) is 12.1. The van der Waals surface area contributed by atoms with E-state index in [0.29, 0.717) is 37.7 Å². The highest BCUT2D eigenvalue weighted by atomic mass is 19.4. The fraction of sp³-hybridized carbons (Fsp3) is 0.407. The van der Waals surface area contributed by atoms with Gasteiger partial charge in [-0.15, -0.1) is 0 Å². The molecule has 1 saturated heterocycles. The number of nitrogens with zero attached hydrogens (tertiary/aromatic N) is 3. The van der Waals surface area contributed by atoms with Crippen molar-refractivity contribution in [3.05, 3.63) is 71.1 Å². The number of carbonyl (C=O) groups is 1. The maximum atomic E-state index is 13.4. The Labute approximate surface area is 220 Å². The predicted octanol–water partition coefficient (Wildman–Crippen LogP) is 3.72. The molecule has 0 atom stereocenters. The number of anilines is 1. The van der Waals surface area contributed by atoms with Crippen LogP contribution in [0.15, 0.2) is 48.8 Å². The van der Waals surface area contributed by atoms with Crippen molar-refractivity contribution in [2.24, 2.45) is 0 Å². The van der Waals surface area contributed by atoms with Gasteiger partial charge in [-0.3, -0.25) is 4.79 Å². The van der Waals surface area contributed by atoms with E-state index in [1.54, 1.807) is 31.3 Å². The van der Waals surface area contributed by atoms with E-state index in [9.17, 15) is 18.0 Å². The zero-order valence-corrected chi connectivity index (χ0v) is 21.8. The molecule has 38 heavy (non-hydrogen) atoms. The molecule has 2 N–H and O–H groups in total. The third-order valence-corrected chi connectivity index (χ3v) is 5.72. The topological polar surface area (TPSA) is 87.2 Å². The molecular weight excluding hydrogens is 501 g/mol. The molecule has 11 heteroatoms. The van der Waals surface area contributed by atoms with Crippen LogP contribution in [0.25, 0.3) is 5.57 Å². The van der Waals surface area contributed by atoms with E-state index in [1.807, 2.05) is 13.0 Å². The van der Waals surface area contributed by atoms with Gasteiger partial charge in [0.05, 0.1) is 25.4 Å². The van der Waals surface area contributed by atoms with Gasteiger partial charge < -0.3 is 29.7 Å². The summed E-state index contributed by atoms with van der Waals surface area (Å²) in [5, 5.41) is 11.7. The van der Waals surface area contributed by atoms with Crippen LogP contribution in [-0.2, 0) is 17.5 Å². The van der Waals surface area contributed by atoms with Crippen molar-refractivity contribution in [3.63, 3.8) is 0 Å². The Morgan fingerprint density at radius 3 is 2.58 bits per heavy atom. The molecule has 0 unspecified atom stereocenters. The monoisotopic (exact) mass is 534 g/mol. The molecule has 2 aromatic rings. The van der Waals surface area contributed by atoms with Gasteiger partial charge in [0.2, 0.25) is 5.88 Å². The van der Waals surface area contributed by atoms with Crippen LogP contribution < -0.4 is 15.0 Å². The van der Waals surface area contributed by atoms with E-state index < -0.39 is 17.6 Å². The van der Waals surface area contributed by atoms with Crippen molar-refractivity contribution < 1.29 is 32.5 Å². The Morgan fingerprint density at radius 2 is 1.95 bits per heavy atom. The summed E-state index contributed by atoms with van der Waals surface area (Å²) in [6.45, 7) is 8.31. The average Bonchev–Trinajstić information content (AvgIpc) is 2.86. The van der Waals surface area contributed by atoms with Crippen molar-refractivity contribution in [2.75, 3.05) is 58.5 Å². The molecule has 1 amide bonds. The average molecular weight is 535 g/mol. The summed E-state index contributed by atoms with van der Waals surface area (Å²) in [4.78, 5) is 21.1. The number of morpholine rings is 1. The van der Waals surface area contributed by atoms with Crippen LogP contribution in [-0.4, -0.2) is 74.5 Å². The lowest BCUT2D eigenvalue weighted by Crippen LogP contribution is -2.36. The number of ether oxygens (including phenoxy) is 2. The van der Waals surface area contributed by atoms with Crippen molar-refractivity contribution in [1.82, 2.24) is 15.2 Å². The van der Waals surface area contributed by atoms with E-state index in [4.69, 9.17) is 14.6 Å². The second-order valence-electron chi connectivity index (χ2n) is 9.18. The van der Waals surface area contributed by atoms with Gasteiger partial charge in [-0.25, -0.2) is 4.98 Å². The molecule has 0 radical (unpaired) electrons. The Morgan fingerprint density at radius 1 is 1.24 bits per heavy atom. The standard InChI is InChI=1S/C27H33F3N4O4/c1-18(22-15-24(34-5-8-37-9-6-34)26(31-16-22)38-10-7-35)11-19(2)32-25(36)21-12-20(17-33(3)4)13-23(14-21)27(28,29)30/h11-16,35H,2,5-10,17H2,1,3-4H3,(H,32,36)/b18-11+. The number of hydrogen-bond acceptors (Lipinski definition) is 7. The van der Waals surface area contributed by atoms with Crippen molar-refractivity contribution in [2.45, 2.75) is 19.6 Å². The molecule has 1 fully saturated rings. The molecule has 0 bridgehead atoms. The quantitative estimate of drug-likeness (QED) is 0.450. The third kappa shape index (κ3) is 8.04. The Hall–Kier alpha value is -3.41. The highest BCUT2D eigenvalue weighted by Crippen LogP contribution is 2.32. The largest absolute Gasteiger partial charge is 0.474 e. The molecule has 1 aliphatic heterocycles. The predicted molar refractivity (Wildman–Crippen MR) is 139 cm³/mol. The van der Waals surface area contributed by atoms with Crippen molar-refractivity contribution in [1.29, 1.82) is 0 Å². The molecular formula is C27H33F3N4O4. The number of aliphatic hydroxyl groups is 1. The lowest BCUT2D eigenvalue weighted by Gasteiger charge is -2.30. The minimum Gasteiger partial charge on any atom is -0.474 e. The Bertz CT molecular complexity index is 1180. The number of hydrogen-bond donors (Lipinski definition) is 2. The van der Waals surface area contributed by atoms with Crippen LogP contribution in [0.1, 0.15) is 34.0 Å². The van der Waals surface area contributed by atoms with E-state index in [1.165, 1.54) is 6.07 Å². The first kappa shape index (κ1) is 29.2. The van der Waals surface area contributed by atoms with Gasteiger partial charge >= 0.3 is 6.18 Å². The van der Waals surface area contributed by atoms with E-state index in [-0.39, 0.29) is 31.0 Å². The first-order chi connectivity index (χ1) is 18.0. The maximum absolute atomic E-state index is 13.4. The number of nitrogens with one attached hydrogen (secondary N) is 1. The fourth-order valence-corrected chi connectivity index (χ4v) is 3.98. The van der Waals surface area contributed by atoms with Crippen molar-refractivity contribution in [3.8, 4) is 5.88 Å². The number of benzene rings is 1. The molecule has 0 aliphatic carbocycles. The molecule has 206 valence electrons. The van der Waals surface area contributed by atoms with Gasteiger partial charge in [0.15, 0.2) is 0 Å². The minimum atomic E-state index is -4.58. The van der Waals surface area contributed by atoms with Gasteiger partial charge in [0, 0.05) is 37.1 Å². The van der Waals surface area contributed by atoms with Crippen molar-refractivity contribution >= 4 is 17.2 Å². The van der Waals surface area contributed by atoms with E-state index in [0.717, 1.165) is 29.0 Å². The summed E-state index contributed by atoms with van der Waals surface area (Å²) in [5.41, 5.74) is 1.81. The number of aliphatic hydroxyl groups excluding tert-OH is 1. The third-order valence-electron chi connectivity index (χ3n) is 5.72.